The zero-order chi connectivity index (χ0) is 13.2. The molecule has 1 aliphatic carbocycles. The van der Waals surface area contributed by atoms with Crippen molar-refractivity contribution < 1.29 is 4.74 Å². The first-order chi connectivity index (χ1) is 9.33. The summed E-state index contributed by atoms with van der Waals surface area (Å²) >= 11 is 0. The van der Waals surface area contributed by atoms with Crippen LogP contribution in [0.3, 0.4) is 0 Å². The standard InChI is InChI=1S/C16H22N2O/c1-3-16-17-14-9-4-5-10-15(14)18(16)12-7-6-8-13(11-12)19-2/h4-5,9-10,12-13H,3,6-8,11H2,1-2H3. The summed E-state index contributed by atoms with van der Waals surface area (Å²) < 4.78 is 8.03. The average molecular weight is 258 g/mol. The van der Waals surface area contributed by atoms with Crippen molar-refractivity contribution in [3.8, 4) is 0 Å². The Morgan fingerprint density at radius 3 is 2.95 bits per heavy atom. The minimum absolute atomic E-state index is 0.407. The van der Waals surface area contributed by atoms with Gasteiger partial charge in [-0.1, -0.05) is 19.1 Å². The van der Waals surface area contributed by atoms with Crippen molar-refractivity contribution in [1.82, 2.24) is 9.55 Å². The van der Waals surface area contributed by atoms with Crippen LogP contribution in [0.15, 0.2) is 24.3 Å². The molecule has 1 heterocycles. The highest BCUT2D eigenvalue weighted by atomic mass is 16.5. The van der Waals surface area contributed by atoms with Crippen molar-refractivity contribution in [3.63, 3.8) is 0 Å². The van der Waals surface area contributed by atoms with Crippen molar-refractivity contribution in [2.24, 2.45) is 0 Å². The third kappa shape index (κ3) is 2.27. The highest BCUT2D eigenvalue weighted by molar-refractivity contribution is 5.76. The SMILES string of the molecule is CCc1nc2ccccc2n1C1CCCC(OC)C1. The van der Waals surface area contributed by atoms with Gasteiger partial charge in [0.1, 0.15) is 5.82 Å². The van der Waals surface area contributed by atoms with E-state index in [1.165, 1.54) is 30.6 Å². The molecule has 102 valence electrons. The summed E-state index contributed by atoms with van der Waals surface area (Å²) in [5, 5.41) is 0. The van der Waals surface area contributed by atoms with Crippen LogP contribution in [0.5, 0.6) is 0 Å². The molecule has 0 spiro atoms. The molecule has 1 fully saturated rings. The molecule has 2 aromatic rings. The Labute approximate surface area is 114 Å². The van der Waals surface area contributed by atoms with Crippen LogP contribution in [0.25, 0.3) is 11.0 Å². The van der Waals surface area contributed by atoms with Crippen molar-refractivity contribution in [1.29, 1.82) is 0 Å². The largest absolute Gasteiger partial charge is 0.381 e. The molecule has 0 radical (unpaired) electrons. The van der Waals surface area contributed by atoms with Crippen LogP contribution in [0.2, 0.25) is 0 Å². The number of rotatable bonds is 3. The molecule has 1 aromatic carbocycles. The molecule has 3 rings (SSSR count). The molecule has 2 atom stereocenters. The lowest BCUT2D eigenvalue weighted by Crippen LogP contribution is -2.25. The van der Waals surface area contributed by atoms with Gasteiger partial charge in [-0.2, -0.15) is 0 Å². The third-order valence-corrected chi connectivity index (χ3v) is 4.28. The Morgan fingerprint density at radius 1 is 1.32 bits per heavy atom. The van der Waals surface area contributed by atoms with Crippen molar-refractivity contribution in [3.05, 3.63) is 30.1 Å². The predicted octanol–water partition coefficient (Wildman–Crippen LogP) is 3.73. The van der Waals surface area contributed by atoms with E-state index >= 15 is 0 Å². The summed E-state index contributed by atoms with van der Waals surface area (Å²) in [5.74, 6) is 1.21. The maximum Gasteiger partial charge on any atom is 0.109 e. The molecule has 0 bridgehead atoms. The molecule has 3 nitrogen and oxygen atoms in total. The van der Waals surface area contributed by atoms with Gasteiger partial charge in [-0.15, -0.1) is 0 Å². The number of imidazole rings is 1. The van der Waals surface area contributed by atoms with E-state index in [9.17, 15) is 0 Å². The maximum atomic E-state index is 5.57. The van der Waals surface area contributed by atoms with E-state index in [1.54, 1.807) is 0 Å². The number of aryl methyl sites for hydroxylation is 1. The number of hydrogen-bond donors (Lipinski definition) is 0. The van der Waals surface area contributed by atoms with E-state index in [2.05, 4.69) is 35.8 Å². The van der Waals surface area contributed by atoms with Gasteiger partial charge >= 0.3 is 0 Å². The minimum Gasteiger partial charge on any atom is -0.381 e. The van der Waals surface area contributed by atoms with Crippen LogP contribution in [0.4, 0.5) is 0 Å². The maximum absolute atomic E-state index is 5.57. The van der Waals surface area contributed by atoms with Crippen molar-refractivity contribution in [2.75, 3.05) is 7.11 Å². The summed E-state index contributed by atoms with van der Waals surface area (Å²) in [6.45, 7) is 2.19. The van der Waals surface area contributed by atoms with Gasteiger partial charge in [0, 0.05) is 19.6 Å². The first-order valence-corrected chi connectivity index (χ1v) is 7.32. The summed E-state index contributed by atoms with van der Waals surface area (Å²) in [5.41, 5.74) is 2.40. The molecule has 0 aliphatic heterocycles. The molecule has 19 heavy (non-hydrogen) atoms. The summed E-state index contributed by atoms with van der Waals surface area (Å²) in [4.78, 5) is 4.78. The van der Waals surface area contributed by atoms with Gasteiger partial charge in [0.25, 0.3) is 0 Å². The monoisotopic (exact) mass is 258 g/mol. The zero-order valence-electron chi connectivity index (χ0n) is 11.8. The summed E-state index contributed by atoms with van der Waals surface area (Å²) in [6, 6.07) is 9.02. The minimum atomic E-state index is 0.407. The molecule has 3 heteroatoms. The number of benzene rings is 1. The highest BCUT2D eigenvalue weighted by Crippen LogP contribution is 2.33. The lowest BCUT2D eigenvalue weighted by atomic mass is 9.92. The fourth-order valence-electron chi connectivity index (χ4n) is 3.32. The van der Waals surface area contributed by atoms with Crippen LogP contribution >= 0.6 is 0 Å². The fourth-order valence-corrected chi connectivity index (χ4v) is 3.32. The fraction of sp³-hybridized carbons (Fsp3) is 0.562. The molecule has 1 aliphatic rings. The van der Waals surface area contributed by atoms with Crippen LogP contribution in [-0.4, -0.2) is 22.8 Å². The number of ether oxygens (including phenoxy) is 1. The van der Waals surface area contributed by atoms with Crippen LogP contribution < -0.4 is 0 Å². The van der Waals surface area contributed by atoms with E-state index in [0.717, 1.165) is 18.4 Å². The van der Waals surface area contributed by atoms with Crippen molar-refractivity contribution in [2.45, 2.75) is 51.2 Å². The second kappa shape index (κ2) is 5.33. The number of hydrogen-bond acceptors (Lipinski definition) is 2. The number of nitrogens with zero attached hydrogens (tertiary/aromatic N) is 2. The van der Waals surface area contributed by atoms with Crippen LogP contribution in [0, 0.1) is 0 Å². The Bertz CT molecular complexity index is 561. The molecular formula is C16H22N2O. The normalized spacial score (nSPS) is 23.9. The highest BCUT2D eigenvalue weighted by Gasteiger charge is 2.25. The Balaban J connectivity index is 2.02. The van der Waals surface area contributed by atoms with Crippen LogP contribution in [-0.2, 0) is 11.2 Å². The molecule has 0 N–H and O–H groups in total. The van der Waals surface area contributed by atoms with E-state index in [-0.39, 0.29) is 0 Å². The van der Waals surface area contributed by atoms with Gasteiger partial charge in [0.2, 0.25) is 0 Å². The van der Waals surface area contributed by atoms with Gasteiger partial charge in [0.05, 0.1) is 17.1 Å². The van der Waals surface area contributed by atoms with Gasteiger partial charge in [-0.25, -0.2) is 4.98 Å². The predicted molar refractivity (Wildman–Crippen MR) is 77.4 cm³/mol. The van der Waals surface area contributed by atoms with Crippen LogP contribution in [0.1, 0.15) is 44.5 Å². The van der Waals surface area contributed by atoms with Gasteiger partial charge in [-0.3, -0.25) is 0 Å². The quantitative estimate of drug-likeness (QED) is 0.838. The number of aromatic nitrogens is 2. The molecule has 1 saturated carbocycles. The molecule has 2 unspecified atom stereocenters. The average Bonchev–Trinajstić information content (AvgIpc) is 2.85. The van der Waals surface area contributed by atoms with E-state index < -0.39 is 0 Å². The molecule has 0 saturated heterocycles. The van der Waals surface area contributed by atoms with Gasteiger partial charge in [-0.05, 0) is 37.8 Å². The lowest BCUT2D eigenvalue weighted by molar-refractivity contribution is 0.0533. The van der Waals surface area contributed by atoms with E-state index in [1.807, 2.05) is 7.11 Å². The first kappa shape index (κ1) is 12.7. The topological polar surface area (TPSA) is 27.1 Å². The Kier molecular flexibility index (Phi) is 3.56. The Morgan fingerprint density at radius 2 is 2.16 bits per heavy atom. The molecule has 1 aromatic heterocycles. The number of fused-ring (bicyclic) bond motifs is 1. The van der Waals surface area contributed by atoms with E-state index in [4.69, 9.17) is 9.72 Å². The first-order valence-electron chi connectivity index (χ1n) is 7.32. The summed E-state index contributed by atoms with van der Waals surface area (Å²) in [7, 11) is 1.83. The lowest BCUT2D eigenvalue weighted by Gasteiger charge is -2.30. The van der Waals surface area contributed by atoms with Crippen molar-refractivity contribution >= 4 is 11.0 Å². The second-order valence-corrected chi connectivity index (χ2v) is 5.42. The second-order valence-electron chi connectivity index (χ2n) is 5.42. The summed E-state index contributed by atoms with van der Waals surface area (Å²) in [6.07, 6.45) is 6.20. The number of methoxy groups -OCH3 is 1. The third-order valence-electron chi connectivity index (χ3n) is 4.28. The smallest absolute Gasteiger partial charge is 0.109 e. The molecule has 0 amide bonds. The van der Waals surface area contributed by atoms with Gasteiger partial charge < -0.3 is 9.30 Å². The Hall–Kier alpha value is -1.35. The number of para-hydroxylation sites is 2. The van der Waals surface area contributed by atoms with E-state index in [0.29, 0.717) is 12.1 Å². The van der Waals surface area contributed by atoms with Gasteiger partial charge in [0.15, 0.2) is 0 Å². The zero-order valence-corrected chi connectivity index (χ0v) is 11.8. The molecular weight excluding hydrogens is 236 g/mol.